The van der Waals surface area contributed by atoms with E-state index in [1.165, 1.54) is 38.5 Å². The summed E-state index contributed by atoms with van der Waals surface area (Å²) in [4.78, 5) is 13.9. The summed E-state index contributed by atoms with van der Waals surface area (Å²) in [5.74, 6) is 0.875. The highest BCUT2D eigenvalue weighted by Gasteiger charge is 2.21. The third-order valence-corrected chi connectivity index (χ3v) is 4.13. The Hall–Kier alpha value is -1.26. The van der Waals surface area contributed by atoms with Crippen LogP contribution in [0.3, 0.4) is 0 Å². The third kappa shape index (κ3) is 5.49. The standard InChI is InChI=1S/C14H27N3O2/c1-11(9-13(15)16-19)17(2)14(18)10-12-7-5-3-4-6-8-12/h11-12,19H,3-10H2,1-2H3,(H2,15,16). The highest BCUT2D eigenvalue weighted by Crippen LogP contribution is 2.26. The molecule has 0 aromatic carbocycles. The monoisotopic (exact) mass is 269 g/mol. The van der Waals surface area contributed by atoms with E-state index in [4.69, 9.17) is 10.9 Å². The van der Waals surface area contributed by atoms with Crippen LogP contribution in [0.25, 0.3) is 0 Å². The van der Waals surface area contributed by atoms with Gasteiger partial charge in [0, 0.05) is 25.9 Å². The summed E-state index contributed by atoms with van der Waals surface area (Å²) in [5.41, 5.74) is 5.48. The van der Waals surface area contributed by atoms with Gasteiger partial charge in [0.05, 0.1) is 0 Å². The van der Waals surface area contributed by atoms with Crippen LogP contribution in [0.4, 0.5) is 0 Å². The van der Waals surface area contributed by atoms with E-state index in [0.717, 1.165) is 0 Å². The fourth-order valence-electron chi connectivity index (χ4n) is 2.69. The zero-order valence-corrected chi connectivity index (χ0v) is 12.1. The minimum absolute atomic E-state index is 0.0332. The van der Waals surface area contributed by atoms with Crippen molar-refractivity contribution in [3.63, 3.8) is 0 Å². The summed E-state index contributed by atoms with van der Waals surface area (Å²) in [6.07, 6.45) is 8.51. The summed E-state index contributed by atoms with van der Waals surface area (Å²) >= 11 is 0. The van der Waals surface area contributed by atoms with E-state index in [0.29, 0.717) is 18.8 Å². The van der Waals surface area contributed by atoms with Gasteiger partial charge in [-0.25, -0.2) is 0 Å². The summed E-state index contributed by atoms with van der Waals surface area (Å²) in [5, 5.41) is 11.5. The van der Waals surface area contributed by atoms with E-state index in [-0.39, 0.29) is 17.8 Å². The van der Waals surface area contributed by atoms with E-state index in [9.17, 15) is 4.79 Å². The lowest BCUT2D eigenvalue weighted by atomic mass is 9.95. The molecule has 0 saturated heterocycles. The fraction of sp³-hybridized carbons (Fsp3) is 0.857. The zero-order chi connectivity index (χ0) is 14.3. The molecule has 0 heterocycles. The van der Waals surface area contributed by atoms with Crippen molar-refractivity contribution in [3.8, 4) is 0 Å². The highest BCUT2D eigenvalue weighted by molar-refractivity contribution is 5.81. The molecule has 5 nitrogen and oxygen atoms in total. The van der Waals surface area contributed by atoms with Crippen LogP contribution in [-0.2, 0) is 4.79 Å². The number of hydrogen-bond donors (Lipinski definition) is 2. The van der Waals surface area contributed by atoms with Crippen LogP contribution in [0.2, 0.25) is 0 Å². The number of oxime groups is 1. The van der Waals surface area contributed by atoms with Gasteiger partial charge in [-0.05, 0) is 25.7 Å². The molecule has 1 aliphatic carbocycles. The lowest BCUT2D eigenvalue weighted by Crippen LogP contribution is -2.38. The average molecular weight is 269 g/mol. The molecule has 0 spiro atoms. The van der Waals surface area contributed by atoms with E-state index in [1.54, 1.807) is 11.9 Å². The second-order valence-corrected chi connectivity index (χ2v) is 5.71. The van der Waals surface area contributed by atoms with Crippen LogP contribution >= 0.6 is 0 Å². The number of carbonyl (C=O) groups excluding carboxylic acids is 1. The number of amides is 1. The molecule has 1 aliphatic rings. The predicted octanol–water partition coefficient (Wildman–Crippen LogP) is 2.33. The molecule has 1 fully saturated rings. The number of amidine groups is 1. The maximum atomic E-state index is 12.2. The van der Waals surface area contributed by atoms with Crippen molar-refractivity contribution >= 4 is 11.7 Å². The first kappa shape index (κ1) is 15.8. The Morgan fingerprint density at radius 2 is 1.95 bits per heavy atom. The van der Waals surface area contributed by atoms with Gasteiger partial charge < -0.3 is 15.8 Å². The second-order valence-electron chi connectivity index (χ2n) is 5.71. The number of rotatable bonds is 5. The van der Waals surface area contributed by atoms with Gasteiger partial charge in [-0.15, -0.1) is 0 Å². The Kier molecular flexibility index (Phi) is 6.67. The van der Waals surface area contributed by atoms with Crippen LogP contribution in [-0.4, -0.2) is 34.9 Å². The van der Waals surface area contributed by atoms with Crippen molar-refractivity contribution < 1.29 is 10.0 Å². The Morgan fingerprint density at radius 1 is 1.37 bits per heavy atom. The highest BCUT2D eigenvalue weighted by atomic mass is 16.4. The Labute approximate surface area is 115 Å². The molecule has 110 valence electrons. The first-order valence-electron chi connectivity index (χ1n) is 7.26. The smallest absolute Gasteiger partial charge is 0.222 e. The average Bonchev–Trinajstić information content (AvgIpc) is 2.66. The van der Waals surface area contributed by atoms with Gasteiger partial charge in [-0.1, -0.05) is 30.8 Å². The molecule has 1 rings (SSSR count). The lowest BCUT2D eigenvalue weighted by Gasteiger charge is -2.26. The molecular formula is C14H27N3O2. The van der Waals surface area contributed by atoms with Crippen LogP contribution < -0.4 is 5.73 Å². The molecule has 1 saturated carbocycles. The van der Waals surface area contributed by atoms with Crippen LogP contribution in [0, 0.1) is 5.92 Å². The van der Waals surface area contributed by atoms with E-state index < -0.39 is 0 Å². The lowest BCUT2D eigenvalue weighted by molar-refractivity contribution is -0.132. The van der Waals surface area contributed by atoms with Gasteiger partial charge in [0.25, 0.3) is 0 Å². The Morgan fingerprint density at radius 3 is 2.47 bits per heavy atom. The Bertz CT molecular complexity index is 310. The van der Waals surface area contributed by atoms with Gasteiger partial charge in [0.1, 0.15) is 5.84 Å². The normalized spacial score (nSPS) is 19.8. The minimum atomic E-state index is -0.0332. The first-order valence-corrected chi connectivity index (χ1v) is 7.26. The summed E-state index contributed by atoms with van der Waals surface area (Å²) < 4.78 is 0. The summed E-state index contributed by atoms with van der Waals surface area (Å²) in [6.45, 7) is 1.92. The van der Waals surface area contributed by atoms with Crippen molar-refractivity contribution in [2.45, 2.75) is 64.3 Å². The largest absolute Gasteiger partial charge is 0.409 e. The van der Waals surface area contributed by atoms with Crippen molar-refractivity contribution in [1.29, 1.82) is 0 Å². The van der Waals surface area contributed by atoms with E-state index >= 15 is 0 Å². The van der Waals surface area contributed by atoms with Crippen molar-refractivity contribution in [2.24, 2.45) is 16.8 Å². The van der Waals surface area contributed by atoms with Crippen molar-refractivity contribution in [2.75, 3.05) is 7.05 Å². The van der Waals surface area contributed by atoms with Gasteiger partial charge >= 0.3 is 0 Å². The van der Waals surface area contributed by atoms with Crippen LogP contribution in [0.1, 0.15) is 58.3 Å². The van der Waals surface area contributed by atoms with Crippen LogP contribution in [0.5, 0.6) is 0 Å². The van der Waals surface area contributed by atoms with Crippen LogP contribution in [0.15, 0.2) is 5.16 Å². The van der Waals surface area contributed by atoms with Gasteiger partial charge in [0.2, 0.25) is 5.91 Å². The zero-order valence-electron chi connectivity index (χ0n) is 12.1. The third-order valence-electron chi connectivity index (χ3n) is 4.13. The molecule has 0 bridgehead atoms. The molecule has 0 aromatic heterocycles. The molecule has 19 heavy (non-hydrogen) atoms. The number of carbonyl (C=O) groups is 1. The topological polar surface area (TPSA) is 78.9 Å². The quantitative estimate of drug-likeness (QED) is 0.264. The second kappa shape index (κ2) is 8.02. The molecule has 3 N–H and O–H groups in total. The maximum Gasteiger partial charge on any atom is 0.222 e. The first-order chi connectivity index (χ1) is 9.04. The fourth-order valence-corrected chi connectivity index (χ4v) is 2.69. The molecule has 5 heteroatoms. The van der Waals surface area contributed by atoms with E-state index in [1.807, 2.05) is 6.92 Å². The number of nitrogens with zero attached hydrogens (tertiary/aromatic N) is 2. The molecule has 0 aliphatic heterocycles. The van der Waals surface area contributed by atoms with Gasteiger partial charge in [-0.3, -0.25) is 4.79 Å². The van der Waals surface area contributed by atoms with Gasteiger partial charge in [0.15, 0.2) is 0 Å². The molecule has 1 amide bonds. The van der Waals surface area contributed by atoms with Crippen molar-refractivity contribution in [3.05, 3.63) is 0 Å². The minimum Gasteiger partial charge on any atom is -0.409 e. The van der Waals surface area contributed by atoms with Crippen molar-refractivity contribution in [1.82, 2.24) is 4.90 Å². The number of nitrogens with two attached hydrogens (primary N) is 1. The number of hydrogen-bond acceptors (Lipinski definition) is 3. The van der Waals surface area contributed by atoms with E-state index in [2.05, 4.69) is 5.16 Å². The molecular weight excluding hydrogens is 242 g/mol. The molecule has 0 radical (unpaired) electrons. The summed E-state index contributed by atoms with van der Waals surface area (Å²) in [6, 6.07) is -0.0332. The molecule has 1 atom stereocenters. The summed E-state index contributed by atoms with van der Waals surface area (Å²) in [7, 11) is 1.80. The maximum absolute atomic E-state index is 12.2. The van der Waals surface area contributed by atoms with Gasteiger partial charge in [-0.2, -0.15) is 0 Å². The Balaban J connectivity index is 2.42. The molecule has 1 unspecified atom stereocenters. The predicted molar refractivity (Wildman–Crippen MR) is 76.1 cm³/mol. The molecule has 0 aromatic rings. The SMILES string of the molecule is CC(CC(N)=NO)N(C)C(=O)CC1CCCCCC1.